The summed E-state index contributed by atoms with van der Waals surface area (Å²) in [5.74, 6) is -0.173. The minimum absolute atomic E-state index is 0.166. The molecule has 0 heterocycles. The third-order valence-corrected chi connectivity index (χ3v) is 3.66. The normalized spacial score (nSPS) is 10.2. The largest absolute Gasteiger partial charge is 0.487 e. The Labute approximate surface area is 140 Å². The van der Waals surface area contributed by atoms with E-state index in [-0.39, 0.29) is 22.9 Å². The number of nitro groups is 1. The van der Waals surface area contributed by atoms with E-state index < -0.39 is 4.92 Å². The zero-order valence-electron chi connectivity index (χ0n) is 13.7. The maximum atomic E-state index is 12.2. The number of aryl methyl sites for hydroxylation is 1. The van der Waals surface area contributed by atoms with Crippen LogP contribution in [0.1, 0.15) is 28.4 Å². The number of amides is 1. The molecule has 0 aromatic heterocycles. The maximum Gasteiger partial charge on any atom is 0.311 e. The van der Waals surface area contributed by atoms with E-state index in [1.165, 1.54) is 23.8 Å². The van der Waals surface area contributed by atoms with E-state index in [2.05, 4.69) is 5.32 Å². The van der Waals surface area contributed by atoms with Crippen LogP contribution in [-0.4, -0.2) is 24.0 Å². The Bertz CT molecular complexity index is 744. The third-order valence-electron chi connectivity index (χ3n) is 3.66. The molecule has 0 saturated heterocycles. The molecule has 0 saturated carbocycles. The summed E-state index contributed by atoms with van der Waals surface area (Å²) >= 11 is 0. The van der Waals surface area contributed by atoms with E-state index in [0.717, 1.165) is 5.56 Å². The van der Waals surface area contributed by atoms with Gasteiger partial charge in [0.05, 0.1) is 11.5 Å². The fourth-order valence-corrected chi connectivity index (χ4v) is 2.38. The van der Waals surface area contributed by atoms with E-state index in [0.29, 0.717) is 19.6 Å². The molecule has 0 atom stereocenters. The summed E-state index contributed by atoms with van der Waals surface area (Å²) < 4.78 is 5.21. The molecule has 1 N–H and O–H groups in total. The zero-order valence-corrected chi connectivity index (χ0v) is 13.7. The van der Waals surface area contributed by atoms with Gasteiger partial charge >= 0.3 is 5.69 Å². The van der Waals surface area contributed by atoms with Gasteiger partial charge in [-0.2, -0.15) is 0 Å². The van der Waals surface area contributed by atoms with Gasteiger partial charge in [0, 0.05) is 18.2 Å². The molecule has 0 aliphatic carbocycles. The number of benzene rings is 2. The number of carbonyl (C=O) groups excluding carboxylic acids is 1. The van der Waals surface area contributed by atoms with Gasteiger partial charge in [0.1, 0.15) is 0 Å². The van der Waals surface area contributed by atoms with Gasteiger partial charge in [-0.05, 0) is 43.5 Å². The fourth-order valence-electron chi connectivity index (χ4n) is 2.38. The van der Waals surface area contributed by atoms with Crippen molar-refractivity contribution in [2.24, 2.45) is 0 Å². The van der Waals surface area contributed by atoms with Gasteiger partial charge in [-0.25, -0.2) is 0 Å². The topological polar surface area (TPSA) is 81.5 Å². The lowest BCUT2D eigenvalue weighted by molar-refractivity contribution is -0.385. The van der Waals surface area contributed by atoms with Gasteiger partial charge in [0.2, 0.25) is 0 Å². The summed E-state index contributed by atoms with van der Waals surface area (Å²) in [6.45, 7) is 4.55. The van der Waals surface area contributed by atoms with Gasteiger partial charge in [0.25, 0.3) is 5.91 Å². The van der Waals surface area contributed by atoms with Crippen LogP contribution in [0.4, 0.5) is 5.69 Å². The van der Waals surface area contributed by atoms with Crippen LogP contribution in [0.15, 0.2) is 42.5 Å². The summed E-state index contributed by atoms with van der Waals surface area (Å²) in [6, 6.07) is 12.2. The first-order valence-electron chi connectivity index (χ1n) is 7.77. The molecule has 0 aliphatic heterocycles. The van der Waals surface area contributed by atoms with Crippen molar-refractivity contribution in [3.8, 4) is 5.75 Å². The molecule has 0 bridgehead atoms. The zero-order chi connectivity index (χ0) is 17.5. The standard InChI is InChI=1S/C18H20N2O4/c1-3-24-17-9-8-15(12-16(17)20(22)23)18(21)19-11-10-14-7-5-4-6-13(14)2/h4-9,12H,3,10-11H2,1-2H3,(H,19,21). The van der Waals surface area contributed by atoms with Crippen molar-refractivity contribution in [3.63, 3.8) is 0 Å². The first kappa shape index (κ1) is 17.5. The number of hydrogen-bond donors (Lipinski definition) is 1. The molecule has 0 spiro atoms. The van der Waals surface area contributed by atoms with E-state index in [9.17, 15) is 14.9 Å². The second kappa shape index (κ2) is 8.10. The average Bonchev–Trinajstić information content (AvgIpc) is 2.57. The number of nitro benzene ring substituents is 1. The lowest BCUT2D eigenvalue weighted by atomic mass is 10.1. The van der Waals surface area contributed by atoms with Gasteiger partial charge < -0.3 is 10.1 Å². The van der Waals surface area contributed by atoms with Crippen molar-refractivity contribution >= 4 is 11.6 Å². The molecular formula is C18H20N2O4. The van der Waals surface area contributed by atoms with Crippen LogP contribution in [0.25, 0.3) is 0 Å². The van der Waals surface area contributed by atoms with Crippen LogP contribution in [0.2, 0.25) is 0 Å². The Morgan fingerprint density at radius 2 is 2.00 bits per heavy atom. The molecule has 0 unspecified atom stereocenters. The summed E-state index contributed by atoms with van der Waals surface area (Å²) in [5, 5.41) is 13.9. The van der Waals surface area contributed by atoms with Crippen LogP contribution in [-0.2, 0) is 6.42 Å². The predicted molar refractivity (Wildman–Crippen MR) is 91.5 cm³/mol. The minimum atomic E-state index is -0.547. The van der Waals surface area contributed by atoms with Crippen molar-refractivity contribution in [2.75, 3.05) is 13.2 Å². The highest BCUT2D eigenvalue weighted by Crippen LogP contribution is 2.27. The average molecular weight is 328 g/mol. The smallest absolute Gasteiger partial charge is 0.311 e. The Kier molecular flexibility index (Phi) is 5.89. The number of rotatable bonds is 7. The molecule has 1 amide bonds. The Morgan fingerprint density at radius 3 is 2.67 bits per heavy atom. The molecule has 24 heavy (non-hydrogen) atoms. The first-order valence-corrected chi connectivity index (χ1v) is 7.77. The molecule has 6 nitrogen and oxygen atoms in total. The van der Waals surface area contributed by atoms with Crippen LogP contribution in [0.5, 0.6) is 5.75 Å². The van der Waals surface area contributed by atoms with Gasteiger partial charge in [-0.1, -0.05) is 24.3 Å². The Hall–Kier alpha value is -2.89. The highest BCUT2D eigenvalue weighted by Gasteiger charge is 2.18. The van der Waals surface area contributed by atoms with E-state index in [1.807, 2.05) is 31.2 Å². The minimum Gasteiger partial charge on any atom is -0.487 e. The monoisotopic (exact) mass is 328 g/mol. The van der Waals surface area contributed by atoms with Crippen molar-refractivity contribution in [1.82, 2.24) is 5.32 Å². The Balaban J connectivity index is 2.03. The van der Waals surface area contributed by atoms with E-state index in [1.54, 1.807) is 6.92 Å². The molecule has 0 radical (unpaired) electrons. The number of nitrogens with zero attached hydrogens (tertiary/aromatic N) is 1. The SMILES string of the molecule is CCOc1ccc(C(=O)NCCc2ccccc2C)cc1[N+](=O)[O-]. The van der Waals surface area contributed by atoms with Gasteiger partial charge in [-0.15, -0.1) is 0 Å². The second-order valence-corrected chi connectivity index (χ2v) is 5.31. The molecular weight excluding hydrogens is 308 g/mol. The van der Waals surface area contributed by atoms with Crippen LogP contribution in [0, 0.1) is 17.0 Å². The number of nitrogens with one attached hydrogen (secondary N) is 1. The maximum absolute atomic E-state index is 12.2. The van der Waals surface area contributed by atoms with Crippen molar-refractivity contribution in [3.05, 3.63) is 69.3 Å². The molecule has 6 heteroatoms. The van der Waals surface area contributed by atoms with Crippen LogP contribution >= 0.6 is 0 Å². The summed E-state index contributed by atoms with van der Waals surface area (Å²) in [6.07, 6.45) is 0.706. The molecule has 126 valence electrons. The first-order chi connectivity index (χ1) is 11.5. The summed E-state index contributed by atoms with van der Waals surface area (Å²) in [7, 11) is 0. The molecule has 0 aliphatic rings. The van der Waals surface area contributed by atoms with Crippen molar-refractivity contribution in [2.45, 2.75) is 20.3 Å². The summed E-state index contributed by atoms with van der Waals surface area (Å²) in [5.41, 5.74) is 2.37. The number of hydrogen-bond acceptors (Lipinski definition) is 4. The highest BCUT2D eigenvalue weighted by molar-refractivity contribution is 5.95. The molecule has 0 fully saturated rings. The quantitative estimate of drug-likeness (QED) is 0.625. The van der Waals surface area contributed by atoms with Crippen molar-refractivity contribution in [1.29, 1.82) is 0 Å². The van der Waals surface area contributed by atoms with Crippen LogP contribution in [0.3, 0.4) is 0 Å². The van der Waals surface area contributed by atoms with Gasteiger partial charge in [0.15, 0.2) is 5.75 Å². The molecule has 2 aromatic carbocycles. The second-order valence-electron chi connectivity index (χ2n) is 5.31. The third kappa shape index (κ3) is 4.32. The highest BCUT2D eigenvalue weighted by atomic mass is 16.6. The number of carbonyl (C=O) groups is 1. The van der Waals surface area contributed by atoms with Gasteiger partial charge in [-0.3, -0.25) is 14.9 Å². The van der Waals surface area contributed by atoms with E-state index in [4.69, 9.17) is 4.74 Å². The molecule has 2 aromatic rings. The predicted octanol–water partition coefficient (Wildman–Crippen LogP) is 3.27. The Morgan fingerprint density at radius 1 is 1.25 bits per heavy atom. The summed E-state index contributed by atoms with van der Waals surface area (Å²) in [4.78, 5) is 22.7. The van der Waals surface area contributed by atoms with Crippen molar-refractivity contribution < 1.29 is 14.5 Å². The molecule has 2 rings (SSSR count). The lowest BCUT2D eigenvalue weighted by Gasteiger charge is -2.09. The van der Waals surface area contributed by atoms with Crippen LogP contribution < -0.4 is 10.1 Å². The van der Waals surface area contributed by atoms with E-state index >= 15 is 0 Å². The lowest BCUT2D eigenvalue weighted by Crippen LogP contribution is -2.25. The number of ether oxygens (including phenoxy) is 1. The fraction of sp³-hybridized carbons (Fsp3) is 0.278.